The number of carboxylic acids is 4. The average Bonchev–Trinajstić information content (AvgIpc) is 2.74. The highest BCUT2D eigenvalue weighted by molar-refractivity contribution is 7.18. The standard InChI is InChI=1S/C12H10N2O8S/c1-13-9-5(2-6(15)16)10(12(21)22)23-11(9)14(3-7(17)18)4-8(19)20/h2-4H2,(H,15,16)(H,17,18)(H,19,20)(H,21,22)/p-4. The van der Waals surface area contributed by atoms with Crippen LogP contribution in [-0.4, -0.2) is 37.0 Å². The van der Waals surface area contributed by atoms with Crippen LogP contribution in [0.25, 0.3) is 4.85 Å². The molecule has 10 nitrogen and oxygen atoms in total. The van der Waals surface area contributed by atoms with E-state index in [-0.39, 0.29) is 5.00 Å². The van der Waals surface area contributed by atoms with Gasteiger partial charge in [-0.25, -0.2) is 4.85 Å². The molecule has 0 aromatic carbocycles. The van der Waals surface area contributed by atoms with Gasteiger partial charge in [0.25, 0.3) is 0 Å². The van der Waals surface area contributed by atoms with Crippen LogP contribution in [0, 0.1) is 6.57 Å². The van der Waals surface area contributed by atoms with Gasteiger partial charge in [0.1, 0.15) is 0 Å². The van der Waals surface area contributed by atoms with Gasteiger partial charge in [0.05, 0.1) is 42.6 Å². The summed E-state index contributed by atoms with van der Waals surface area (Å²) in [6.07, 6.45) is -0.929. The van der Waals surface area contributed by atoms with Crippen LogP contribution in [0.2, 0.25) is 0 Å². The Morgan fingerprint density at radius 3 is 1.87 bits per heavy atom. The molecule has 23 heavy (non-hydrogen) atoms. The van der Waals surface area contributed by atoms with Crippen LogP contribution in [-0.2, 0) is 20.8 Å². The van der Waals surface area contributed by atoms with E-state index in [1.165, 1.54) is 0 Å². The van der Waals surface area contributed by atoms with Gasteiger partial charge in [-0.15, -0.1) is 11.3 Å². The predicted molar refractivity (Wildman–Crippen MR) is 65.8 cm³/mol. The van der Waals surface area contributed by atoms with Crippen molar-refractivity contribution in [3.05, 3.63) is 21.9 Å². The minimum absolute atomic E-state index is 0.330. The lowest BCUT2D eigenvalue weighted by atomic mass is 10.1. The molecule has 0 radical (unpaired) electrons. The van der Waals surface area contributed by atoms with Crippen molar-refractivity contribution < 1.29 is 39.6 Å². The van der Waals surface area contributed by atoms with E-state index in [9.17, 15) is 39.6 Å². The maximum Gasteiger partial charge on any atom is 0.224 e. The quantitative estimate of drug-likeness (QED) is 0.422. The lowest BCUT2D eigenvalue weighted by Gasteiger charge is -2.24. The fraction of sp³-hybridized carbons (Fsp3) is 0.250. The van der Waals surface area contributed by atoms with Gasteiger partial charge in [-0.3, -0.25) is 0 Å². The van der Waals surface area contributed by atoms with Gasteiger partial charge >= 0.3 is 0 Å². The molecule has 0 saturated carbocycles. The van der Waals surface area contributed by atoms with Crippen LogP contribution in [0.15, 0.2) is 0 Å². The monoisotopic (exact) mass is 338 g/mol. The van der Waals surface area contributed by atoms with Crippen LogP contribution in [0.4, 0.5) is 10.7 Å². The third kappa shape index (κ3) is 4.42. The van der Waals surface area contributed by atoms with Crippen LogP contribution in [0.1, 0.15) is 15.2 Å². The molecule has 11 heteroatoms. The Morgan fingerprint density at radius 2 is 1.52 bits per heavy atom. The Hall–Kier alpha value is -3.13. The Balaban J connectivity index is 3.51. The Kier molecular flexibility index (Phi) is 5.63. The molecule has 0 N–H and O–H groups in total. The Bertz CT molecular complexity index is 701. The number of hydrogen-bond donors (Lipinski definition) is 0. The summed E-state index contributed by atoms with van der Waals surface area (Å²) < 4.78 is 0. The van der Waals surface area contributed by atoms with Crippen molar-refractivity contribution in [3.8, 4) is 0 Å². The van der Waals surface area contributed by atoms with E-state index >= 15 is 0 Å². The van der Waals surface area contributed by atoms with Crippen LogP contribution < -0.4 is 25.3 Å². The SMILES string of the molecule is [C-]#[N+]c1c(N(CC(=O)[O-])CC(=O)[O-])sc(C(=O)[O-])c1CC(=O)[O-]. The number of carbonyl (C=O) groups excluding carboxylic acids is 4. The van der Waals surface area contributed by atoms with E-state index in [4.69, 9.17) is 6.57 Å². The summed E-state index contributed by atoms with van der Waals surface area (Å²) in [6, 6.07) is 0. The minimum Gasteiger partial charge on any atom is -0.550 e. The molecule has 0 fully saturated rings. The zero-order valence-corrected chi connectivity index (χ0v) is 12.0. The third-order valence-electron chi connectivity index (χ3n) is 2.51. The summed E-state index contributed by atoms with van der Waals surface area (Å²) in [7, 11) is 0. The number of nitrogens with zero attached hydrogens (tertiary/aromatic N) is 2. The highest BCUT2D eigenvalue weighted by Crippen LogP contribution is 2.42. The molecule has 0 bridgehead atoms. The van der Waals surface area contributed by atoms with Crippen molar-refractivity contribution in [2.45, 2.75) is 6.42 Å². The molecule has 0 saturated heterocycles. The molecular formula is C12H6N2O8S-4. The molecule has 0 amide bonds. The lowest BCUT2D eigenvalue weighted by molar-refractivity contribution is -0.306. The van der Waals surface area contributed by atoms with Crippen molar-refractivity contribution >= 4 is 45.9 Å². The van der Waals surface area contributed by atoms with E-state index in [1.807, 2.05) is 0 Å². The van der Waals surface area contributed by atoms with E-state index in [0.717, 1.165) is 0 Å². The summed E-state index contributed by atoms with van der Waals surface area (Å²) in [4.78, 5) is 46.1. The topological polar surface area (TPSA) is 168 Å². The van der Waals surface area contributed by atoms with Gasteiger partial charge in [-0.05, 0) is 5.56 Å². The fourth-order valence-electron chi connectivity index (χ4n) is 1.76. The third-order valence-corrected chi connectivity index (χ3v) is 3.77. The first-order valence-corrected chi connectivity index (χ1v) is 6.58. The first-order chi connectivity index (χ1) is 10.7. The summed E-state index contributed by atoms with van der Waals surface area (Å²) in [5.41, 5.74) is -0.942. The van der Waals surface area contributed by atoms with Crippen LogP contribution >= 0.6 is 11.3 Å². The number of anilines is 1. The number of carboxylic acid groups (broad SMARTS) is 4. The van der Waals surface area contributed by atoms with E-state index in [1.54, 1.807) is 0 Å². The zero-order chi connectivity index (χ0) is 17.7. The van der Waals surface area contributed by atoms with Crippen molar-refractivity contribution in [1.82, 2.24) is 0 Å². The van der Waals surface area contributed by atoms with Crippen molar-refractivity contribution in [3.63, 3.8) is 0 Å². The van der Waals surface area contributed by atoms with Gasteiger partial charge in [0, 0.05) is 17.3 Å². The highest BCUT2D eigenvalue weighted by Gasteiger charge is 2.23. The number of thiophene rings is 1. The second-order valence-corrected chi connectivity index (χ2v) is 5.11. The largest absolute Gasteiger partial charge is 0.550 e. The number of rotatable bonds is 8. The molecular weight excluding hydrogens is 332 g/mol. The maximum atomic E-state index is 11.1. The second-order valence-electron chi connectivity index (χ2n) is 4.11. The van der Waals surface area contributed by atoms with E-state index in [0.29, 0.717) is 16.2 Å². The smallest absolute Gasteiger partial charge is 0.224 e. The summed E-state index contributed by atoms with van der Waals surface area (Å²) in [5, 5.41) is 42.8. The second kappa shape index (κ2) is 7.23. The molecule has 0 spiro atoms. The van der Waals surface area contributed by atoms with Gasteiger partial charge in [0.15, 0.2) is 0 Å². The average molecular weight is 338 g/mol. The van der Waals surface area contributed by atoms with Crippen molar-refractivity contribution in [2.75, 3.05) is 18.0 Å². The van der Waals surface area contributed by atoms with Crippen LogP contribution in [0.3, 0.4) is 0 Å². The molecule has 0 aliphatic rings. The molecule has 0 atom stereocenters. The molecule has 0 aliphatic heterocycles. The maximum absolute atomic E-state index is 11.1. The summed E-state index contributed by atoms with van der Waals surface area (Å²) >= 11 is 0.330. The van der Waals surface area contributed by atoms with Gasteiger partial charge in [-0.2, -0.15) is 0 Å². The molecule has 0 aliphatic carbocycles. The zero-order valence-electron chi connectivity index (χ0n) is 11.2. The van der Waals surface area contributed by atoms with E-state index in [2.05, 4.69) is 4.85 Å². The molecule has 1 rings (SSSR count). The van der Waals surface area contributed by atoms with Gasteiger partial charge < -0.3 is 44.5 Å². The highest BCUT2D eigenvalue weighted by atomic mass is 32.1. The predicted octanol–water partition coefficient (Wildman–Crippen LogP) is -4.74. The number of aliphatic carboxylic acids is 3. The molecule has 1 aromatic heterocycles. The molecule has 1 heterocycles. The van der Waals surface area contributed by atoms with E-state index < -0.39 is 59.5 Å². The van der Waals surface area contributed by atoms with Crippen molar-refractivity contribution in [1.29, 1.82) is 0 Å². The fourth-order valence-corrected chi connectivity index (χ4v) is 2.85. The number of hydrogen-bond acceptors (Lipinski definition) is 10. The van der Waals surface area contributed by atoms with Crippen molar-refractivity contribution in [2.24, 2.45) is 0 Å². The first-order valence-electron chi connectivity index (χ1n) is 5.76. The molecule has 1 aromatic rings. The summed E-state index contributed by atoms with van der Waals surface area (Å²) in [6.45, 7) is 5.11. The van der Waals surface area contributed by atoms with Gasteiger partial charge in [-0.1, -0.05) is 0 Å². The Morgan fingerprint density at radius 1 is 1.00 bits per heavy atom. The molecule has 0 unspecified atom stereocenters. The summed E-state index contributed by atoms with van der Waals surface area (Å²) in [5.74, 6) is -6.84. The first kappa shape index (κ1) is 17.9. The lowest BCUT2D eigenvalue weighted by Crippen LogP contribution is -2.44. The minimum atomic E-state index is -1.79. The number of aromatic carboxylic acids is 1. The number of carbonyl (C=O) groups is 4. The normalized spacial score (nSPS) is 9.87. The molecule has 122 valence electrons. The van der Waals surface area contributed by atoms with Gasteiger partial charge in [0.2, 0.25) is 5.69 Å². The Labute approximate surface area is 132 Å². The van der Waals surface area contributed by atoms with Crippen LogP contribution in [0.5, 0.6) is 0 Å².